The number of aromatic nitrogens is 3. The maximum Gasteiger partial charge on any atom is 0.276 e. The van der Waals surface area contributed by atoms with E-state index in [9.17, 15) is 9.59 Å². The van der Waals surface area contributed by atoms with E-state index in [4.69, 9.17) is 10.5 Å². The van der Waals surface area contributed by atoms with Crippen LogP contribution in [0.3, 0.4) is 0 Å². The van der Waals surface area contributed by atoms with Gasteiger partial charge in [-0.25, -0.2) is 4.68 Å². The van der Waals surface area contributed by atoms with Crippen molar-refractivity contribution in [2.45, 2.75) is 26.0 Å². The highest BCUT2D eigenvalue weighted by Gasteiger charge is 2.37. The minimum Gasteiger partial charge on any atom is -0.374 e. The predicted octanol–water partition coefficient (Wildman–Crippen LogP) is 0.291. The number of nitrogens with two attached hydrogens (primary N) is 1. The Balaban J connectivity index is 1.85. The van der Waals surface area contributed by atoms with Gasteiger partial charge in [0.1, 0.15) is 6.04 Å². The van der Waals surface area contributed by atoms with E-state index in [0.29, 0.717) is 6.61 Å². The van der Waals surface area contributed by atoms with Crippen LogP contribution in [0.25, 0.3) is 5.69 Å². The summed E-state index contributed by atoms with van der Waals surface area (Å²) in [5.74, 6) is -0.978. The van der Waals surface area contributed by atoms with Gasteiger partial charge in [0.15, 0.2) is 5.69 Å². The van der Waals surface area contributed by atoms with Gasteiger partial charge in [0.2, 0.25) is 5.91 Å². The molecule has 3 rings (SSSR count). The molecule has 1 aliphatic rings. The summed E-state index contributed by atoms with van der Waals surface area (Å²) in [5, 5.41) is 7.93. The van der Waals surface area contributed by atoms with Gasteiger partial charge in [-0.2, -0.15) is 0 Å². The molecule has 0 bridgehead atoms. The Hall–Kier alpha value is -2.74. The summed E-state index contributed by atoms with van der Waals surface area (Å²) in [6, 6.07) is 6.87. The van der Waals surface area contributed by atoms with Gasteiger partial charge >= 0.3 is 0 Å². The van der Waals surface area contributed by atoms with Crippen molar-refractivity contribution >= 4 is 11.8 Å². The van der Waals surface area contributed by atoms with Crippen molar-refractivity contribution in [2.24, 2.45) is 5.73 Å². The number of amides is 2. The SMILES string of the molecule is Cc1ccc(-n2cc(C(=O)N3CCO[C@H](C)[C@H]3C(N)=O)nn2)cc1. The van der Waals surface area contributed by atoms with Crippen LogP contribution in [0, 0.1) is 6.92 Å². The number of ether oxygens (including phenoxy) is 1. The van der Waals surface area contributed by atoms with Crippen LogP contribution in [-0.2, 0) is 9.53 Å². The van der Waals surface area contributed by atoms with Crippen molar-refractivity contribution in [3.63, 3.8) is 0 Å². The number of nitrogens with zero attached hydrogens (tertiary/aromatic N) is 4. The predicted molar refractivity (Wildman–Crippen MR) is 85.5 cm³/mol. The van der Waals surface area contributed by atoms with E-state index in [1.54, 1.807) is 13.1 Å². The molecule has 8 nitrogen and oxygen atoms in total. The summed E-state index contributed by atoms with van der Waals surface area (Å²) in [6.07, 6.45) is 1.10. The average molecular weight is 329 g/mol. The highest BCUT2D eigenvalue weighted by molar-refractivity contribution is 5.96. The van der Waals surface area contributed by atoms with Gasteiger partial charge in [-0.3, -0.25) is 9.59 Å². The molecular formula is C16H19N5O3. The monoisotopic (exact) mass is 329 g/mol. The second-order valence-corrected chi connectivity index (χ2v) is 5.81. The Morgan fingerprint density at radius 2 is 2.00 bits per heavy atom. The molecule has 2 aromatic rings. The standard InChI is InChI=1S/C16H19N5O3/c1-10-3-5-12(6-4-10)21-9-13(18-19-21)16(23)20-7-8-24-11(2)14(20)15(17)22/h3-6,9,11,14H,7-8H2,1-2H3,(H2,17,22)/t11-,14+/m1/s1. The minimum absolute atomic E-state index is 0.163. The van der Waals surface area contributed by atoms with Crippen LogP contribution < -0.4 is 5.73 Å². The van der Waals surface area contributed by atoms with Crippen molar-refractivity contribution in [3.8, 4) is 5.69 Å². The first-order chi connectivity index (χ1) is 11.5. The van der Waals surface area contributed by atoms with Crippen LogP contribution in [0.5, 0.6) is 0 Å². The molecule has 8 heteroatoms. The summed E-state index contributed by atoms with van der Waals surface area (Å²) in [6.45, 7) is 4.35. The van der Waals surface area contributed by atoms with Gasteiger partial charge in [0.05, 0.1) is 24.6 Å². The largest absolute Gasteiger partial charge is 0.374 e. The lowest BCUT2D eigenvalue weighted by Gasteiger charge is -2.37. The van der Waals surface area contributed by atoms with Crippen LogP contribution >= 0.6 is 0 Å². The van der Waals surface area contributed by atoms with E-state index in [-0.39, 0.29) is 18.1 Å². The van der Waals surface area contributed by atoms with Gasteiger partial charge < -0.3 is 15.4 Å². The number of primary amides is 1. The molecule has 2 amide bonds. The topological polar surface area (TPSA) is 103 Å². The first kappa shape index (κ1) is 16.1. The second-order valence-electron chi connectivity index (χ2n) is 5.81. The van der Waals surface area contributed by atoms with E-state index in [1.807, 2.05) is 31.2 Å². The lowest BCUT2D eigenvalue weighted by Crippen LogP contribution is -2.58. The van der Waals surface area contributed by atoms with E-state index < -0.39 is 18.1 Å². The lowest BCUT2D eigenvalue weighted by molar-refractivity contribution is -0.132. The fourth-order valence-corrected chi connectivity index (χ4v) is 2.77. The first-order valence-corrected chi connectivity index (χ1v) is 7.68. The zero-order valence-electron chi connectivity index (χ0n) is 13.5. The van der Waals surface area contributed by atoms with Crippen LogP contribution in [0.15, 0.2) is 30.5 Å². The third-order valence-corrected chi connectivity index (χ3v) is 4.06. The van der Waals surface area contributed by atoms with Crippen molar-refractivity contribution in [1.82, 2.24) is 19.9 Å². The Morgan fingerprint density at radius 1 is 1.29 bits per heavy atom. The zero-order valence-corrected chi connectivity index (χ0v) is 13.5. The molecule has 24 heavy (non-hydrogen) atoms. The molecule has 2 atom stereocenters. The molecule has 0 radical (unpaired) electrons. The summed E-state index contributed by atoms with van der Waals surface area (Å²) < 4.78 is 6.94. The normalized spacial score (nSPS) is 20.8. The molecule has 1 aromatic heterocycles. The fraction of sp³-hybridized carbons (Fsp3) is 0.375. The molecule has 0 saturated carbocycles. The number of aryl methyl sites for hydroxylation is 1. The first-order valence-electron chi connectivity index (χ1n) is 7.68. The highest BCUT2D eigenvalue weighted by Crippen LogP contribution is 2.17. The van der Waals surface area contributed by atoms with E-state index in [2.05, 4.69) is 10.3 Å². The number of rotatable bonds is 3. The summed E-state index contributed by atoms with van der Waals surface area (Å²) >= 11 is 0. The fourth-order valence-electron chi connectivity index (χ4n) is 2.77. The van der Waals surface area contributed by atoms with Crippen LogP contribution in [0.4, 0.5) is 0 Å². The van der Waals surface area contributed by atoms with Gasteiger partial charge in [0, 0.05) is 6.54 Å². The summed E-state index contributed by atoms with van der Waals surface area (Å²) in [4.78, 5) is 25.8. The number of morpholine rings is 1. The number of hydrogen-bond acceptors (Lipinski definition) is 5. The van der Waals surface area contributed by atoms with Crippen molar-refractivity contribution in [1.29, 1.82) is 0 Å². The minimum atomic E-state index is -0.809. The molecule has 0 spiro atoms. The average Bonchev–Trinajstić information content (AvgIpc) is 3.04. The highest BCUT2D eigenvalue weighted by atomic mass is 16.5. The zero-order chi connectivity index (χ0) is 17.3. The van der Waals surface area contributed by atoms with Gasteiger partial charge in [-0.05, 0) is 26.0 Å². The number of hydrogen-bond donors (Lipinski definition) is 1. The molecule has 0 unspecified atom stereocenters. The van der Waals surface area contributed by atoms with Crippen LogP contribution in [-0.4, -0.2) is 57.0 Å². The Labute approximate surface area is 139 Å². The third kappa shape index (κ3) is 3.00. The Bertz CT molecular complexity index is 755. The summed E-state index contributed by atoms with van der Waals surface area (Å²) in [5.41, 5.74) is 7.51. The molecule has 126 valence electrons. The lowest BCUT2D eigenvalue weighted by atomic mass is 10.1. The maximum atomic E-state index is 12.7. The molecule has 0 aliphatic carbocycles. The molecule has 1 saturated heterocycles. The van der Waals surface area contributed by atoms with E-state index >= 15 is 0 Å². The molecule has 1 aliphatic heterocycles. The van der Waals surface area contributed by atoms with Crippen molar-refractivity contribution in [2.75, 3.05) is 13.2 Å². The summed E-state index contributed by atoms with van der Waals surface area (Å²) in [7, 11) is 0. The molecule has 1 fully saturated rings. The van der Waals surface area contributed by atoms with Gasteiger partial charge in [-0.1, -0.05) is 22.9 Å². The third-order valence-electron chi connectivity index (χ3n) is 4.06. The number of carbonyl (C=O) groups excluding carboxylic acids is 2. The number of benzene rings is 1. The molecular weight excluding hydrogens is 310 g/mol. The van der Waals surface area contributed by atoms with Crippen molar-refractivity contribution in [3.05, 3.63) is 41.7 Å². The van der Waals surface area contributed by atoms with E-state index in [1.165, 1.54) is 9.58 Å². The van der Waals surface area contributed by atoms with E-state index in [0.717, 1.165) is 11.3 Å². The molecule has 2 N–H and O–H groups in total. The molecule has 2 heterocycles. The smallest absolute Gasteiger partial charge is 0.276 e. The van der Waals surface area contributed by atoms with Gasteiger partial charge in [0.25, 0.3) is 5.91 Å². The Kier molecular flexibility index (Phi) is 4.30. The second kappa shape index (κ2) is 6.40. The van der Waals surface area contributed by atoms with Crippen LogP contribution in [0.1, 0.15) is 23.0 Å². The quantitative estimate of drug-likeness (QED) is 0.872. The van der Waals surface area contributed by atoms with Crippen molar-refractivity contribution < 1.29 is 14.3 Å². The Morgan fingerprint density at radius 3 is 2.67 bits per heavy atom. The maximum absolute atomic E-state index is 12.7. The van der Waals surface area contributed by atoms with Crippen LogP contribution in [0.2, 0.25) is 0 Å². The number of carbonyl (C=O) groups is 2. The van der Waals surface area contributed by atoms with Gasteiger partial charge in [-0.15, -0.1) is 5.10 Å². The molecule has 1 aromatic carbocycles.